The lowest BCUT2D eigenvalue weighted by atomic mass is 9.95. The summed E-state index contributed by atoms with van der Waals surface area (Å²) >= 11 is 0. The number of amides is 3. The molecule has 0 saturated heterocycles. The van der Waals surface area contributed by atoms with Crippen molar-refractivity contribution in [2.24, 2.45) is 5.41 Å². The molecule has 8 nitrogen and oxygen atoms in total. The molecule has 0 aliphatic rings. The smallest absolute Gasteiger partial charge is 0.291 e. The maximum atomic E-state index is 12.4. The first-order chi connectivity index (χ1) is 15.2. The Morgan fingerprint density at radius 1 is 0.781 bits per heavy atom. The summed E-state index contributed by atoms with van der Waals surface area (Å²) in [4.78, 5) is 36.6. The summed E-state index contributed by atoms with van der Waals surface area (Å²) in [6.45, 7) is 5.55. The number of carbonyl (C=O) groups is 3. The molecule has 2 aromatic carbocycles. The van der Waals surface area contributed by atoms with Crippen LogP contribution in [0.3, 0.4) is 0 Å². The first kappa shape index (κ1) is 22.6. The van der Waals surface area contributed by atoms with E-state index in [9.17, 15) is 14.4 Å². The van der Waals surface area contributed by atoms with Gasteiger partial charge in [0.15, 0.2) is 5.76 Å². The second-order valence-corrected chi connectivity index (χ2v) is 8.20. The van der Waals surface area contributed by atoms with E-state index in [0.717, 1.165) is 0 Å². The van der Waals surface area contributed by atoms with Crippen molar-refractivity contribution in [2.45, 2.75) is 20.8 Å². The van der Waals surface area contributed by atoms with E-state index in [2.05, 4.69) is 21.3 Å². The Balaban J connectivity index is 1.53. The standard InChI is InChI=1S/C24H26N4O4/c1-24(2,3)23(31)28-19-10-4-7-16(13-19)25-15-21(29)26-17-8-5-9-18(14-17)27-22(30)20-11-6-12-32-20/h4-14,25H,15H2,1-3H3,(H,26,29)(H,27,30)(H,28,31). The van der Waals surface area contributed by atoms with Crippen molar-refractivity contribution in [2.75, 3.05) is 27.8 Å². The highest BCUT2D eigenvalue weighted by Crippen LogP contribution is 2.20. The van der Waals surface area contributed by atoms with Crippen LogP contribution in [0.25, 0.3) is 0 Å². The van der Waals surface area contributed by atoms with Crippen LogP contribution in [0, 0.1) is 5.41 Å². The minimum atomic E-state index is -0.505. The van der Waals surface area contributed by atoms with Crippen molar-refractivity contribution in [3.8, 4) is 0 Å². The molecule has 0 saturated carbocycles. The van der Waals surface area contributed by atoms with Gasteiger partial charge in [0.25, 0.3) is 5.91 Å². The number of benzene rings is 2. The molecule has 0 aliphatic carbocycles. The largest absolute Gasteiger partial charge is 0.459 e. The molecule has 4 N–H and O–H groups in total. The second kappa shape index (κ2) is 9.82. The van der Waals surface area contributed by atoms with Crippen molar-refractivity contribution < 1.29 is 18.8 Å². The Hall–Kier alpha value is -4.07. The quantitative estimate of drug-likeness (QED) is 0.435. The summed E-state index contributed by atoms with van der Waals surface area (Å²) in [5.41, 5.74) is 1.91. The molecular formula is C24H26N4O4. The second-order valence-electron chi connectivity index (χ2n) is 8.20. The Labute approximate surface area is 186 Å². The number of carbonyl (C=O) groups excluding carboxylic acids is 3. The molecular weight excluding hydrogens is 408 g/mol. The molecule has 0 atom stereocenters. The monoisotopic (exact) mass is 434 g/mol. The predicted octanol–water partition coefficient (Wildman–Crippen LogP) is 4.57. The van der Waals surface area contributed by atoms with Gasteiger partial charge in [-0.2, -0.15) is 0 Å². The van der Waals surface area contributed by atoms with Crippen molar-refractivity contribution in [1.29, 1.82) is 0 Å². The van der Waals surface area contributed by atoms with Gasteiger partial charge in [0.2, 0.25) is 11.8 Å². The van der Waals surface area contributed by atoms with E-state index in [0.29, 0.717) is 22.7 Å². The van der Waals surface area contributed by atoms with Crippen LogP contribution < -0.4 is 21.3 Å². The first-order valence-electron chi connectivity index (χ1n) is 10.1. The number of furan rings is 1. The zero-order valence-electron chi connectivity index (χ0n) is 18.2. The predicted molar refractivity (Wildman–Crippen MR) is 125 cm³/mol. The van der Waals surface area contributed by atoms with Gasteiger partial charge in [0, 0.05) is 28.2 Å². The minimum absolute atomic E-state index is 0.0274. The summed E-state index contributed by atoms with van der Waals surface area (Å²) < 4.78 is 5.07. The van der Waals surface area contributed by atoms with Crippen LogP contribution in [0.15, 0.2) is 71.3 Å². The lowest BCUT2D eigenvalue weighted by molar-refractivity contribution is -0.123. The van der Waals surface area contributed by atoms with Gasteiger partial charge in [-0.3, -0.25) is 14.4 Å². The Morgan fingerprint density at radius 2 is 1.38 bits per heavy atom. The maximum Gasteiger partial charge on any atom is 0.291 e. The average molecular weight is 434 g/mol. The molecule has 0 radical (unpaired) electrons. The molecule has 3 aromatic rings. The maximum absolute atomic E-state index is 12.4. The van der Waals surface area contributed by atoms with Gasteiger partial charge in [-0.1, -0.05) is 32.9 Å². The molecule has 3 rings (SSSR count). The summed E-state index contributed by atoms with van der Waals surface area (Å²) in [6.07, 6.45) is 1.42. The van der Waals surface area contributed by atoms with E-state index in [4.69, 9.17) is 4.42 Å². The lowest BCUT2D eigenvalue weighted by Gasteiger charge is -2.18. The van der Waals surface area contributed by atoms with Crippen LogP contribution in [0.5, 0.6) is 0 Å². The zero-order valence-corrected chi connectivity index (χ0v) is 18.2. The molecule has 0 aliphatic heterocycles. The lowest BCUT2D eigenvalue weighted by Crippen LogP contribution is -2.27. The van der Waals surface area contributed by atoms with Crippen LogP contribution in [-0.4, -0.2) is 24.3 Å². The van der Waals surface area contributed by atoms with Gasteiger partial charge in [-0.15, -0.1) is 0 Å². The highest BCUT2D eigenvalue weighted by molar-refractivity contribution is 6.03. The van der Waals surface area contributed by atoms with Crippen LogP contribution in [-0.2, 0) is 9.59 Å². The van der Waals surface area contributed by atoms with Gasteiger partial charge in [0.05, 0.1) is 12.8 Å². The minimum Gasteiger partial charge on any atom is -0.459 e. The fourth-order valence-electron chi connectivity index (χ4n) is 2.69. The summed E-state index contributed by atoms with van der Waals surface area (Å²) in [5, 5.41) is 11.4. The zero-order chi connectivity index (χ0) is 23.1. The molecule has 1 heterocycles. The number of rotatable bonds is 7. The number of hydrogen-bond acceptors (Lipinski definition) is 5. The van der Waals surface area contributed by atoms with E-state index in [1.54, 1.807) is 54.6 Å². The van der Waals surface area contributed by atoms with Gasteiger partial charge < -0.3 is 25.7 Å². The van der Waals surface area contributed by atoms with Gasteiger partial charge in [-0.25, -0.2) is 0 Å². The normalized spacial score (nSPS) is 10.8. The van der Waals surface area contributed by atoms with E-state index in [-0.39, 0.29) is 30.0 Å². The van der Waals surface area contributed by atoms with Gasteiger partial charge in [0.1, 0.15) is 0 Å². The number of nitrogens with one attached hydrogen (secondary N) is 4. The molecule has 3 amide bonds. The topological polar surface area (TPSA) is 112 Å². The third-order valence-electron chi connectivity index (χ3n) is 4.40. The van der Waals surface area contributed by atoms with Crippen LogP contribution in [0.4, 0.5) is 22.7 Å². The molecule has 0 bridgehead atoms. The molecule has 0 spiro atoms. The molecule has 1 aromatic heterocycles. The Kier molecular flexibility index (Phi) is 6.94. The van der Waals surface area contributed by atoms with Crippen molar-refractivity contribution in [1.82, 2.24) is 0 Å². The van der Waals surface area contributed by atoms with Crippen molar-refractivity contribution in [3.05, 3.63) is 72.7 Å². The van der Waals surface area contributed by atoms with E-state index in [1.165, 1.54) is 6.26 Å². The number of hydrogen-bond donors (Lipinski definition) is 4. The molecule has 0 unspecified atom stereocenters. The fourth-order valence-corrected chi connectivity index (χ4v) is 2.69. The molecule has 8 heteroatoms. The Morgan fingerprint density at radius 3 is 2.00 bits per heavy atom. The fraction of sp³-hybridized carbons (Fsp3) is 0.208. The molecule has 32 heavy (non-hydrogen) atoms. The summed E-state index contributed by atoms with van der Waals surface area (Å²) in [5.74, 6) is -0.529. The highest BCUT2D eigenvalue weighted by atomic mass is 16.3. The van der Waals surface area contributed by atoms with E-state index < -0.39 is 5.41 Å². The summed E-state index contributed by atoms with van der Waals surface area (Å²) in [6, 6.07) is 17.2. The SMILES string of the molecule is CC(C)(C)C(=O)Nc1cccc(NCC(=O)Nc2cccc(NC(=O)c3ccco3)c2)c1. The third-order valence-corrected chi connectivity index (χ3v) is 4.40. The highest BCUT2D eigenvalue weighted by Gasteiger charge is 2.21. The third kappa shape index (κ3) is 6.46. The van der Waals surface area contributed by atoms with E-state index >= 15 is 0 Å². The Bertz CT molecular complexity index is 1100. The van der Waals surface area contributed by atoms with Crippen molar-refractivity contribution >= 4 is 40.5 Å². The van der Waals surface area contributed by atoms with Crippen molar-refractivity contribution in [3.63, 3.8) is 0 Å². The average Bonchev–Trinajstić information content (AvgIpc) is 3.27. The first-order valence-corrected chi connectivity index (χ1v) is 10.1. The van der Waals surface area contributed by atoms with E-state index in [1.807, 2.05) is 26.8 Å². The molecule has 166 valence electrons. The number of anilines is 4. The van der Waals surface area contributed by atoms with Gasteiger partial charge >= 0.3 is 0 Å². The van der Waals surface area contributed by atoms with Crippen LogP contribution in [0.2, 0.25) is 0 Å². The summed E-state index contributed by atoms with van der Waals surface area (Å²) in [7, 11) is 0. The van der Waals surface area contributed by atoms with Gasteiger partial charge in [-0.05, 0) is 48.5 Å². The molecule has 0 fully saturated rings. The van der Waals surface area contributed by atoms with Crippen LogP contribution in [0.1, 0.15) is 31.3 Å². The van der Waals surface area contributed by atoms with Crippen LogP contribution >= 0.6 is 0 Å².